The molecule has 2 aliphatic carbocycles. The van der Waals surface area contributed by atoms with E-state index in [1.165, 1.54) is 24.9 Å². The standard InChI is InChI=1S/C24H38N2O3/c1-23(2)18-9-10-24(3,15-18)22(23)29-17-20(27)16-25-11-13-26(14-12-25)19-5-7-21(28-4)8-6-19/h5-8,18,20,22,27H,9-17H2,1-4H3/t18-,20-,22-,24-/m0/s1. The first-order valence-corrected chi connectivity index (χ1v) is 11.2. The highest BCUT2D eigenvalue weighted by Crippen LogP contribution is 2.63. The number of anilines is 1. The quantitative estimate of drug-likeness (QED) is 0.757. The maximum Gasteiger partial charge on any atom is 0.119 e. The zero-order valence-corrected chi connectivity index (χ0v) is 18.6. The Bertz CT molecular complexity index is 679. The number of aliphatic hydroxyl groups is 1. The van der Waals surface area contributed by atoms with Crippen molar-refractivity contribution in [1.82, 2.24) is 4.90 Å². The Hall–Kier alpha value is -1.30. The summed E-state index contributed by atoms with van der Waals surface area (Å²) in [5, 5.41) is 10.6. The van der Waals surface area contributed by atoms with Crippen molar-refractivity contribution in [1.29, 1.82) is 0 Å². The molecule has 4 atom stereocenters. The van der Waals surface area contributed by atoms with E-state index in [0.717, 1.165) is 37.8 Å². The zero-order chi connectivity index (χ0) is 20.6. The summed E-state index contributed by atoms with van der Waals surface area (Å²) in [5.74, 6) is 1.67. The summed E-state index contributed by atoms with van der Waals surface area (Å²) < 4.78 is 11.6. The van der Waals surface area contributed by atoms with Crippen molar-refractivity contribution in [2.24, 2.45) is 16.7 Å². The van der Waals surface area contributed by atoms with Crippen LogP contribution in [0.1, 0.15) is 40.0 Å². The molecule has 1 saturated heterocycles. The van der Waals surface area contributed by atoms with E-state index in [-0.39, 0.29) is 11.5 Å². The Morgan fingerprint density at radius 3 is 2.38 bits per heavy atom. The lowest BCUT2D eigenvalue weighted by Crippen LogP contribution is -2.50. The number of nitrogens with zero attached hydrogens (tertiary/aromatic N) is 2. The van der Waals surface area contributed by atoms with Gasteiger partial charge in [-0.05, 0) is 60.3 Å². The predicted molar refractivity (Wildman–Crippen MR) is 117 cm³/mol. The monoisotopic (exact) mass is 402 g/mol. The Balaban J connectivity index is 1.22. The average Bonchev–Trinajstić information content (AvgIpc) is 3.19. The van der Waals surface area contributed by atoms with Crippen molar-refractivity contribution in [2.45, 2.75) is 52.2 Å². The minimum Gasteiger partial charge on any atom is -0.497 e. The summed E-state index contributed by atoms with van der Waals surface area (Å²) in [6.07, 6.45) is 3.75. The van der Waals surface area contributed by atoms with Gasteiger partial charge in [0.25, 0.3) is 0 Å². The Morgan fingerprint density at radius 1 is 1.10 bits per heavy atom. The van der Waals surface area contributed by atoms with E-state index < -0.39 is 6.10 Å². The molecule has 4 rings (SSSR count). The van der Waals surface area contributed by atoms with Gasteiger partial charge in [-0.25, -0.2) is 0 Å². The minimum absolute atomic E-state index is 0.233. The highest BCUT2D eigenvalue weighted by atomic mass is 16.5. The first kappa shape index (κ1) is 21.0. The van der Waals surface area contributed by atoms with E-state index in [0.29, 0.717) is 18.6 Å². The molecule has 5 heteroatoms. The second-order valence-corrected chi connectivity index (χ2v) is 10.3. The van der Waals surface area contributed by atoms with Crippen LogP contribution in [0.15, 0.2) is 24.3 Å². The van der Waals surface area contributed by atoms with Crippen LogP contribution in [0.2, 0.25) is 0 Å². The molecular formula is C24H38N2O3. The molecule has 29 heavy (non-hydrogen) atoms. The topological polar surface area (TPSA) is 45.2 Å². The molecule has 1 aliphatic heterocycles. The molecule has 1 N–H and O–H groups in total. The highest BCUT2D eigenvalue weighted by molar-refractivity contribution is 5.49. The summed E-state index contributed by atoms with van der Waals surface area (Å²) >= 11 is 0. The lowest BCUT2D eigenvalue weighted by molar-refractivity contribution is -0.113. The zero-order valence-electron chi connectivity index (χ0n) is 18.6. The van der Waals surface area contributed by atoms with Crippen LogP contribution >= 0.6 is 0 Å². The van der Waals surface area contributed by atoms with Gasteiger partial charge < -0.3 is 19.5 Å². The van der Waals surface area contributed by atoms with Gasteiger partial charge in [0, 0.05) is 38.4 Å². The van der Waals surface area contributed by atoms with Crippen molar-refractivity contribution >= 4 is 5.69 Å². The molecule has 0 unspecified atom stereocenters. The van der Waals surface area contributed by atoms with E-state index in [9.17, 15) is 5.11 Å². The highest BCUT2D eigenvalue weighted by Gasteiger charge is 2.60. The van der Waals surface area contributed by atoms with E-state index in [2.05, 4.69) is 42.7 Å². The molecule has 162 valence electrons. The Kier molecular flexibility index (Phi) is 5.84. The van der Waals surface area contributed by atoms with Gasteiger partial charge in [-0.1, -0.05) is 20.8 Å². The average molecular weight is 403 g/mol. The van der Waals surface area contributed by atoms with Gasteiger partial charge >= 0.3 is 0 Å². The number of ether oxygens (including phenoxy) is 2. The number of piperazine rings is 1. The van der Waals surface area contributed by atoms with E-state index >= 15 is 0 Å². The number of hydrogen-bond donors (Lipinski definition) is 1. The van der Waals surface area contributed by atoms with E-state index in [1.807, 2.05) is 12.1 Å². The third-order valence-corrected chi connectivity index (χ3v) is 7.87. The van der Waals surface area contributed by atoms with Crippen LogP contribution in [-0.2, 0) is 4.74 Å². The maximum absolute atomic E-state index is 10.6. The van der Waals surface area contributed by atoms with Gasteiger partial charge in [0.1, 0.15) is 5.75 Å². The lowest BCUT2D eigenvalue weighted by atomic mass is 9.70. The SMILES string of the molecule is COc1ccc(N2CCN(C[C@H](O)CO[C@H]3C(C)(C)[C@H]4CC[C@@]3(C)C4)CC2)cc1. The second-order valence-electron chi connectivity index (χ2n) is 10.3. The third kappa shape index (κ3) is 4.14. The summed E-state index contributed by atoms with van der Waals surface area (Å²) in [4.78, 5) is 4.76. The van der Waals surface area contributed by atoms with Crippen molar-refractivity contribution in [3.63, 3.8) is 0 Å². The van der Waals surface area contributed by atoms with Gasteiger partial charge in [-0.2, -0.15) is 0 Å². The lowest BCUT2D eigenvalue weighted by Gasteiger charge is -2.43. The fraction of sp³-hybridized carbons (Fsp3) is 0.750. The number of hydrogen-bond acceptors (Lipinski definition) is 5. The molecule has 2 bridgehead atoms. The molecule has 2 saturated carbocycles. The largest absolute Gasteiger partial charge is 0.497 e. The van der Waals surface area contributed by atoms with Crippen molar-refractivity contribution in [2.75, 3.05) is 51.3 Å². The normalized spacial score (nSPS) is 32.5. The number of rotatable bonds is 7. The van der Waals surface area contributed by atoms with Gasteiger partial charge in [0.15, 0.2) is 0 Å². The Morgan fingerprint density at radius 2 is 1.79 bits per heavy atom. The van der Waals surface area contributed by atoms with Crippen molar-refractivity contribution in [3.05, 3.63) is 24.3 Å². The van der Waals surface area contributed by atoms with Gasteiger partial charge in [0.2, 0.25) is 0 Å². The molecule has 5 nitrogen and oxygen atoms in total. The third-order valence-electron chi connectivity index (χ3n) is 7.87. The summed E-state index contributed by atoms with van der Waals surface area (Å²) in [7, 11) is 1.70. The van der Waals surface area contributed by atoms with Crippen LogP contribution in [0.3, 0.4) is 0 Å². The molecule has 3 fully saturated rings. The van der Waals surface area contributed by atoms with Crippen LogP contribution in [0.25, 0.3) is 0 Å². The molecule has 1 aromatic carbocycles. The van der Waals surface area contributed by atoms with Crippen LogP contribution < -0.4 is 9.64 Å². The first-order valence-electron chi connectivity index (χ1n) is 11.2. The van der Waals surface area contributed by atoms with Gasteiger partial charge in [0.05, 0.1) is 25.9 Å². The summed E-state index contributed by atoms with van der Waals surface area (Å²) in [5.41, 5.74) is 1.77. The number of β-amino-alcohol motifs (C(OH)–C–C–N with tert-alkyl or cyclic N) is 1. The molecule has 3 aliphatic rings. The predicted octanol–water partition coefficient (Wildman–Crippen LogP) is 3.41. The smallest absolute Gasteiger partial charge is 0.119 e. The number of aliphatic hydroxyl groups excluding tert-OH is 1. The summed E-state index contributed by atoms with van der Waals surface area (Å²) in [6, 6.07) is 8.27. The molecule has 1 heterocycles. The molecular weight excluding hydrogens is 364 g/mol. The van der Waals surface area contributed by atoms with Crippen LogP contribution in [-0.4, -0.2) is 68.7 Å². The first-order chi connectivity index (χ1) is 13.8. The summed E-state index contributed by atoms with van der Waals surface area (Å²) in [6.45, 7) is 12.2. The molecule has 0 spiro atoms. The Labute approximate surface area is 176 Å². The second kappa shape index (κ2) is 8.09. The van der Waals surface area contributed by atoms with Crippen LogP contribution in [0, 0.1) is 16.7 Å². The van der Waals surface area contributed by atoms with Crippen molar-refractivity contribution in [3.8, 4) is 5.75 Å². The maximum atomic E-state index is 10.6. The molecule has 1 aromatic rings. The molecule has 0 radical (unpaired) electrons. The molecule has 0 amide bonds. The van der Waals surface area contributed by atoms with Gasteiger partial charge in [-0.3, -0.25) is 4.90 Å². The van der Waals surface area contributed by atoms with Crippen LogP contribution in [0.4, 0.5) is 5.69 Å². The van der Waals surface area contributed by atoms with Gasteiger partial charge in [-0.15, -0.1) is 0 Å². The minimum atomic E-state index is -0.416. The number of methoxy groups -OCH3 is 1. The molecule has 0 aromatic heterocycles. The van der Waals surface area contributed by atoms with Crippen LogP contribution in [0.5, 0.6) is 5.75 Å². The number of fused-ring (bicyclic) bond motifs is 2. The number of benzene rings is 1. The fourth-order valence-electron chi connectivity index (χ4n) is 6.21. The fourth-order valence-corrected chi connectivity index (χ4v) is 6.21. The van der Waals surface area contributed by atoms with E-state index in [4.69, 9.17) is 9.47 Å². The van der Waals surface area contributed by atoms with Crippen molar-refractivity contribution < 1.29 is 14.6 Å². The van der Waals surface area contributed by atoms with E-state index in [1.54, 1.807) is 7.11 Å².